The van der Waals surface area contributed by atoms with E-state index in [1.807, 2.05) is 0 Å². The van der Waals surface area contributed by atoms with Crippen LogP contribution in [0.5, 0.6) is 5.75 Å². The SMILES string of the molecule is NC1CCCN(c2ccc(OCCN3CCCC3)cc2)C1. The first-order chi connectivity index (χ1) is 10.3. The molecule has 0 aromatic heterocycles. The molecule has 0 saturated carbocycles. The van der Waals surface area contributed by atoms with Crippen LogP contribution in [0.15, 0.2) is 24.3 Å². The average Bonchev–Trinajstić information content (AvgIpc) is 3.01. The highest BCUT2D eigenvalue weighted by Gasteiger charge is 2.16. The molecule has 0 radical (unpaired) electrons. The molecule has 1 atom stereocenters. The van der Waals surface area contributed by atoms with Gasteiger partial charge in [-0.1, -0.05) is 0 Å². The Hall–Kier alpha value is -1.26. The number of hydrogen-bond donors (Lipinski definition) is 1. The molecule has 116 valence electrons. The Morgan fingerprint density at radius 2 is 1.81 bits per heavy atom. The second-order valence-electron chi connectivity index (χ2n) is 6.24. The summed E-state index contributed by atoms with van der Waals surface area (Å²) >= 11 is 0. The molecule has 2 aliphatic heterocycles. The van der Waals surface area contributed by atoms with E-state index in [1.165, 1.54) is 38.0 Å². The Bertz CT molecular complexity index is 428. The number of benzene rings is 1. The molecule has 1 aromatic carbocycles. The fourth-order valence-electron chi connectivity index (χ4n) is 3.30. The van der Waals surface area contributed by atoms with E-state index in [2.05, 4.69) is 34.1 Å². The molecule has 0 aliphatic carbocycles. The van der Waals surface area contributed by atoms with Crippen molar-refractivity contribution in [2.75, 3.05) is 44.2 Å². The van der Waals surface area contributed by atoms with Gasteiger partial charge in [-0.25, -0.2) is 0 Å². The molecular formula is C17H27N3O. The number of rotatable bonds is 5. The summed E-state index contributed by atoms with van der Waals surface area (Å²) < 4.78 is 5.85. The van der Waals surface area contributed by atoms with Crippen LogP contribution in [0, 0.1) is 0 Å². The number of piperidine rings is 1. The van der Waals surface area contributed by atoms with Gasteiger partial charge in [0.15, 0.2) is 0 Å². The third kappa shape index (κ3) is 4.11. The van der Waals surface area contributed by atoms with Crippen molar-refractivity contribution >= 4 is 5.69 Å². The van der Waals surface area contributed by atoms with Gasteiger partial charge in [-0.15, -0.1) is 0 Å². The van der Waals surface area contributed by atoms with Crippen LogP contribution in [0.2, 0.25) is 0 Å². The van der Waals surface area contributed by atoms with E-state index >= 15 is 0 Å². The highest BCUT2D eigenvalue weighted by atomic mass is 16.5. The molecule has 0 bridgehead atoms. The Morgan fingerprint density at radius 1 is 1.05 bits per heavy atom. The molecule has 0 amide bonds. The number of likely N-dealkylation sites (tertiary alicyclic amines) is 1. The van der Waals surface area contributed by atoms with Gasteiger partial charge in [-0.05, 0) is 63.0 Å². The topological polar surface area (TPSA) is 41.7 Å². The molecular weight excluding hydrogens is 262 g/mol. The van der Waals surface area contributed by atoms with Gasteiger partial charge in [0.25, 0.3) is 0 Å². The Morgan fingerprint density at radius 3 is 2.52 bits per heavy atom. The quantitative estimate of drug-likeness (QED) is 0.901. The third-order valence-corrected chi connectivity index (χ3v) is 4.53. The van der Waals surface area contributed by atoms with Crippen LogP contribution < -0.4 is 15.4 Å². The van der Waals surface area contributed by atoms with E-state index in [-0.39, 0.29) is 0 Å². The van der Waals surface area contributed by atoms with E-state index in [1.54, 1.807) is 0 Å². The van der Waals surface area contributed by atoms with Crippen molar-refractivity contribution in [3.8, 4) is 5.75 Å². The van der Waals surface area contributed by atoms with Gasteiger partial charge in [0, 0.05) is 31.4 Å². The molecule has 2 fully saturated rings. The molecule has 0 spiro atoms. The molecule has 21 heavy (non-hydrogen) atoms. The van der Waals surface area contributed by atoms with Crippen molar-refractivity contribution in [2.45, 2.75) is 31.7 Å². The Labute approximate surface area is 127 Å². The summed E-state index contributed by atoms with van der Waals surface area (Å²) in [6.07, 6.45) is 5.02. The molecule has 4 nitrogen and oxygen atoms in total. The lowest BCUT2D eigenvalue weighted by Crippen LogP contribution is -2.42. The zero-order chi connectivity index (χ0) is 14.5. The van der Waals surface area contributed by atoms with Gasteiger partial charge in [0.2, 0.25) is 0 Å². The smallest absolute Gasteiger partial charge is 0.119 e. The van der Waals surface area contributed by atoms with Crippen LogP contribution in [0.3, 0.4) is 0 Å². The summed E-state index contributed by atoms with van der Waals surface area (Å²) in [5.41, 5.74) is 7.31. The van der Waals surface area contributed by atoms with E-state index in [0.29, 0.717) is 6.04 Å². The van der Waals surface area contributed by atoms with E-state index in [9.17, 15) is 0 Å². The van der Waals surface area contributed by atoms with Crippen molar-refractivity contribution in [1.82, 2.24) is 4.90 Å². The molecule has 1 aromatic rings. The predicted octanol–water partition coefficient (Wildman–Crippen LogP) is 2.09. The summed E-state index contributed by atoms with van der Waals surface area (Å²) in [6.45, 7) is 6.38. The van der Waals surface area contributed by atoms with Crippen LogP contribution >= 0.6 is 0 Å². The summed E-state index contributed by atoms with van der Waals surface area (Å²) in [7, 11) is 0. The van der Waals surface area contributed by atoms with E-state index in [0.717, 1.165) is 38.4 Å². The van der Waals surface area contributed by atoms with Crippen molar-refractivity contribution in [3.05, 3.63) is 24.3 Å². The first-order valence-electron chi connectivity index (χ1n) is 8.27. The largest absolute Gasteiger partial charge is 0.492 e. The molecule has 4 heteroatoms. The summed E-state index contributed by atoms with van der Waals surface area (Å²) in [5.74, 6) is 0.972. The number of hydrogen-bond acceptors (Lipinski definition) is 4. The molecule has 2 heterocycles. The van der Waals surface area contributed by atoms with Crippen LogP contribution in [0.4, 0.5) is 5.69 Å². The number of nitrogens with two attached hydrogens (primary N) is 1. The van der Waals surface area contributed by atoms with Crippen LogP contribution in [-0.2, 0) is 0 Å². The minimum Gasteiger partial charge on any atom is -0.492 e. The highest BCUT2D eigenvalue weighted by Crippen LogP contribution is 2.22. The van der Waals surface area contributed by atoms with E-state index in [4.69, 9.17) is 10.5 Å². The van der Waals surface area contributed by atoms with Crippen molar-refractivity contribution in [3.63, 3.8) is 0 Å². The molecule has 2 saturated heterocycles. The fourth-order valence-corrected chi connectivity index (χ4v) is 3.30. The van der Waals surface area contributed by atoms with Gasteiger partial charge < -0.3 is 15.4 Å². The molecule has 2 N–H and O–H groups in total. The zero-order valence-electron chi connectivity index (χ0n) is 12.8. The minimum absolute atomic E-state index is 0.315. The lowest BCUT2D eigenvalue weighted by atomic mass is 10.1. The first-order valence-corrected chi connectivity index (χ1v) is 8.27. The molecule has 1 unspecified atom stereocenters. The number of ether oxygens (including phenoxy) is 1. The molecule has 3 rings (SSSR count). The maximum absolute atomic E-state index is 6.05. The Kier molecular flexibility index (Phi) is 4.99. The van der Waals surface area contributed by atoms with Crippen molar-refractivity contribution in [2.24, 2.45) is 5.73 Å². The van der Waals surface area contributed by atoms with Gasteiger partial charge >= 0.3 is 0 Å². The van der Waals surface area contributed by atoms with Crippen LogP contribution in [0.1, 0.15) is 25.7 Å². The van der Waals surface area contributed by atoms with Gasteiger partial charge in [0.1, 0.15) is 12.4 Å². The highest BCUT2D eigenvalue weighted by molar-refractivity contribution is 5.49. The van der Waals surface area contributed by atoms with Crippen molar-refractivity contribution < 1.29 is 4.74 Å². The second-order valence-corrected chi connectivity index (χ2v) is 6.24. The fraction of sp³-hybridized carbons (Fsp3) is 0.647. The minimum atomic E-state index is 0.315. The third-order valence-electron chi connectivity index (χ3n) is 4.53. The monoisotopic (exact) mass is 289 g/mol. The van der Waals surface area contributed by atoms with Gasteiger partial charge in [0.05, 0.1) is 0 Å². The summed E-state index contributed by atoms with van der Waals surface area (Å²) in [6, 6.07) is 8.79. The number of anilines is 1. The molecule has 2 aliphatic rings. The summed E-state index contributed by atoms with van der Waals surface area (Å²) in [4.78, 5) is 4.85. The van der Waals surface area contributed by atoms with Crippen LogP contribution in [-0.4, -0.2) is 50.3 Å². The van der Waals surface area contributed by atoms with Crippen LogP contribution in [0.25, 0.3) is 0 Å². The predicted molar refractivity (Wildman–Crippen MR) is 87.0 cm³/mol. The average molecular weight is 289 g/mol. The van der Waals surface area contributed by atoms with E-state index < -0.39 is 0 Å². The standard InChI is InChI=1S/C17H27N3O/c18-15-4-3-11-20(14-15)16-5-7-17(8-6-16)21-13-12-19-9-1-2-10-19/h5-8,15H,1-4,9-14,18H2. The lowest BCUT2D eigenvalue weighted by molar-refractivity contribution is 0.238. The van der Waals surface area contributed by atoms with Crippen molar-refractivity contribution in [1.29, 1.82) is 0 Å². The maximum atomic E-state index is 6.05. The second kappa shape index (κ2) is 7.14. The first kappa shape index (κ1) is 14.7. The Balaban J connectivity index is 1.47. The summed E-state index contributed by atoms with van der Waals surface area (Å²) in [5, 5.41) is 0. The van der Waals surface area contributed by atoms with Gasteiger partial charge in [-0.2, -0.15) is 0 Å². The van der Waals surface area contributed by atoms with Gasteiger partial charge in [-0.3, -0.25) is 4.90 Å². The zero-order valence-corrected chi connectivity index (χ0v) is 12.8. The maximum Gasteiger partial charge on any atom is 0.119 e. The lowest BCUT2D eigenvalue weighted by Gasteiger charge is -2.32. The normalized spacial score (nSPS) is 23.5. The number of nitrogens with zero attached hydrogens (tertiary/aromatic N) is 2.